The van der Waals surface area contributed by atoms with E-state index in [4.69, 9.17) is 10.00 Å². The topological polar surface area (TPSA) is 39.5 Å². The lowest BCUT2D eigenvalue weighted by Crippen LogP contribution is -2.51. The highest BCUT2D eigenvalue weighted by atomic mass is 16.5. The Morgan fingerprint density at radius 1 is 1.40 bits per heavy atom. The van der Waals surface area contributed by atoms with E-state index in [2.05, 4.69) is 29.7 Å². The van der Waals surface area contributed by atoms with Gasteiger partial charge in [0.2, 0.25) is 0 Å². The minimum Gasteiger partial charge on any atom is -0.496 e. The second kappa shape index (κ2) is 6.74. The van der Waals surface area contributed by atoms with E-state index >= 15 is 0 Å². The minimum absolute atomic E-state index is 0.582. The third-order valence-electron chi connectivity index (χ3n) is 4.06. The summed E-state index contributed by atoms with van der Waals surface area (Å²) in [4.78, 5) is 4.94. The van der Waals surface area contributed by atoms with Crippen molar-refractivity contribution < 1.29 is 4.74 Å². The summed E-state index contributed by atoms with van der Waals surface area (Å²) in [5.74, 6) is 0.870. The predicted octanol–water partition coefficient (Wildman–Crippen LogP) is 2.09. The quantitative estimate of drug-likeness (QED) is 0.842. The first kappa shape index (κ1) is 14.8. The molecule has 1 unspecified atom stereocenters. The van der Waals surface area contributed by atoms with Crippen LogP contribution in [0.25, 0.3) is 0 Å². The summed E-state index contributed by atoms with van der Waals surface area (Å²) in [7, 11) is 1.68. The molecule has 1 fully saturated rings. The van der Waals surface area contributed by atoms with Crippen LogP contribution in [-0.4, -0.2) is 49.1 Å². The molecule has 1 aromatic rings. The van der Waals surface area contributed by atoms with Crippen molar-refractivity contribution in [1.82, 2.24) is 9.80 Å². The molecule has 20 heavy (non-hydrogen) atoms. The second-order valence-electron chi connectivity index (χ2n) is 5.35. The molecule has 0 spiro atoms. The summed E-state index contributed by atoms with van der Waals surface area (Å²) < 4.78 is 5.41. The number of nitrogens with zero attached hydrogens (tertiary/aromatic N) is 3. The molecule has 0 bridgehead atoms. The van der Waals surface area contributed by atoms with Crippen molar-refractivity contribution in [3.8, 4) is 11.8 Å². The zero-order valence-corrected chi connectivity index (χ0v) is 12.6. The molecule has 1 aliphatic heterocycles. The van der Waals surface area contributed by atoms with Crippen LogP contribution in [0.1, 0.15) is 25.0 Å². The van der Waals surface area contributed by atoms with Gasteiger partial charge in [0.25, 0.3) is 0 Å². The lowest BCUT2D eigenvalue weighted by molar-refractivity contribution is 0.0829. The number of piperazine rings is 1. The average molecular weight is 273 g/mol. The van der Waals surface area contributed by atoms with Crippen LogP contribution in [-0.2, 0) is 6.54 Å². The number of benzene rings is 1. The van der Waals surface area contributed by atoms with Gasteiger partial charge in [-0.25, -0.2) is 0 Å². The van der Waals surface area contributed by atoms with Gasteiger partial charge in [-0.15, -0.1) is 0 Å². The SMILES string of the molecule is CCN1CCN(Cc2cc(C#N)ccc2OC)CC1C. The molecule has 0 aromatic heterocycles. The Balaban J connectivity index is 2.08. The Kier molecular flexibility index (Phi) is 4.99. The molecular weight excluding hydrogens is 250 g/mol. The Bertz CT molecular complexity index is 495. The fourth-order valence-corrected chi connectivity index (χ4v) is 2.90. The van der Waals surface area contributed by atoms with Gasteiger partial charge in [0.05, 0.1) is 18.7 Å². The molecule has 0 radical (unpaired) electrons. The van der Waals surface area contributed by atoms with Crippen molar-refractivity contribution in [3.05, 3.63) is 29.3 Å². The largest absolute Gasteiger partial charge is 0.496 e. The van der Waals surface area contributed by atoms with E-state index in [1.807, 2.05) is 12.1 Å². The van der Waals surface area contributed by atoms with Gasteiger partial charge in [-0.05, 0) is 31.7 Å². The number of ether oxygens (including phenoxy) is 1. The second-order valence-corrected chi connectivity index (χ2v) is 5.35. The summed E-state index contributed by atoms with van der Waals surface area (Å²) in [5.41, 5.74) is 1.80. The van der Waals surface area contributed by atoms with Crippen LogP contribution in [0.3, 0.4) is 0 Å². The van der Waals surface area contributed by atoms with Crippen molar-refractivity contribution in [2.24, 2.45) is 0 Å². The maximum atomic E-state index is 9.03. The minimum atomic E-state index is 0.582. The highest BCUT2D eigenvalue weighted by molar-refractivity contribution is 5.42. The van der Waals surface area contributed by atoms with E-state index in [1.165, 1.54) is 0 Å². The van der Waals surface area contributed by atoms with Crippen LogP contribution in [0.15, 0.2) is 18.2 Å². The summed E-state index contributed by atoms with van der Waals surface area (Å²) in [6, 6.07) is 8.42. The van der Waals surface area contributed by atoms with E-state index in [-0.39, 0.29) is 0 Å². The molecule has 4 heteroatoms. The van der Waals surface area contributed by atoms with Gasteiger partial charge in [0.15, 0.2) is 0 Å². The smallest absolute Gasteiger partial charge is 0.123 e. The third kappa shape index (κ3) is 3.30. The van der Waals surface area contributed by atoms with Gasteiger partial charge in [-0.1, -0.05) is 6.92 Å². The lowest BCUT2D eigenvalue weighted by atomic mass is 10.1. The summed E-state index contributed by atoms with van der Waals surface area (Å²) >= 11 is 0. The van der Waals surface area contributed by atoms with Gasteiger partial charge >= 0.3 is 0 Å². The monoisotopic (exact) mass is 273 g/mol. The first-order chi connectivity index (χ1) is 9.67. The number of likely N-dealkylation sites (N-methyl/N-ethyl adjacent to an activating group) is 1. The fourth-order valence-electron chi connectivity index (χ4n) is 2.90. The Hall–Kier alpha value is -1.57. The summed E-state index contributed by atoms with van der Waals surface area (Å²) in [6.07, 6.45) is 0. The number of hydrogen-bond acceptors (Lipinski definition) is 4. The highest BCUT2D eigenvalue weighted by Crippen LogP contribution is 2.22. The van der Waals surface area contributed by atoms with Gasteiger partial charge in [-0.3, -0.25) is 9.80 Å². The first-order valence-electron chi connectivity index (χ1n) is 7.21. The van der Waals surface area contributed by atoms with Crippen molar-refractivity contribution in [2.45, 2.75) is 26.4 Å². The Morgan fingerprint density at radius 2 is 2.20 bits per heavy atom. The van der Waals surface area contributed by atoms with Crippen LogP contribution < -0.4 is 4.74 Å². The van der Waals surface area contributed by atoms with Gasteiger partial charge in [0, 0.05) is 37.8 Å². The van der Waals surface area contributed by atoms with E-state index in [0.717, 1.165) is 44.0 Å². The highest BCUT2D eigenvalue weighted by Gasteiger charge is 2.23. The standard InChI is InChI=1S/C16H23N3O/c1-4-19-8-7-18(11-13(19)2)12-15-9-14(10-17)5-6-16(15)20-3/h5-6,9,13H,4,7-8,11-12H2,1-3H3. The predicted molar refractivity (Wildman–Crippen MR) is 79.7 cm³/mol. The molecule has 1 atom stereocenters. The normalized spacial score (nSPS) is 20.6. The van der Waals surface area contributed by atoms with Crippen molar-refractivity contribution in [2.75, 3.05) is 33.3 Å². The molecule has 0 amide bonds. The van der Waals surface area contributed by atoms with Gasteiger partial charge in [-0.2, -0.15) is 5.26 Å². The summed E-state index contributed by atoms with van der Waals surface area (Å²) in [6.45, 7) is 9.69. The Morgan fingerprint density at radius 3 is 2.80 bits per heavy atom. The van der Waals surface area contributed by atoms with Crippen LogP contribution in [0.4, 0.5) is 0 Å². The van der Waals surface area contributed by atoms with E-state index in [0.29, 0.717) is 11.6 Å². The first-order valence-corrected chi connectivity index (χ1v) is 7.21. The van der Waals surface area contributed by atoms with E-state index in [9.17, 15) is 0 Å². The fraction of sp³-hybridized carbons (Fsp3) is 0.562. The molecule has 1 aromatic carbocycles. The molecule has 0 saturated carbocycles. The molecule has 1 heterocycles. The van der Waals surface area contributed by atoms with Crippen molar-refractivity contribution in [1.29, 1.82) is 5.26 Å². The van der Waals surface area contributed by atoms with Crippen LogP contribution >= 0.6 is 0 Å². The summed E-state index contributed by atoms with van der Waals surface area (Å²) in [5, 5.41) is 9.03. The molecule has 1 saturated heterocycles. The van der Waals surface area contributed by atoms with Crippen molar-refractivity contribution in [3.63, 3.8) is 0 Å². The van der Waals surface area contributed by atoms with Crippen LogP contribution in [0.2, 0.25) is 0 Å². The number of rotatable bonds is 4. The molecule has 4 nitrogen and oxygen atoms in total. The van der Waals surface area contributed by atoms with Crippen LogP contribution in [0.5, 0.6) is 5.75 Å². The Labute approximate surface area is 121 Å². The lowest BCUT2D eigenvalue weighted by Gasteiger charge is -2.39. The zero-order chi connectivity index (χ0) is 14.5. The number of methoxy groups -OCH3 is 1. The molecule has 2 rings (SSSR count). The molecule has 0 N–H and O–H groups in total. The van der Waals surface area contributed by atoms with E-state index in [1.54, 1.807) is 13.2 Å². The maximum Gasteiger partial charge on any atom is 0.123 e. The maximum absolute atomic E-state index is 9.03. The number of hydrogen-bond donors (Lipinski definition) is 0. The third-order valence-corrected chi connectivity index (χ3v) is 4.06. The van der Waals surface area contributed by atoms with Crippen molar-refractivity contribution >= 4 is 0 Å². The van der Waals surface area contributed by atoms with Gasteiger partial charge in [0.1, 0.15) is 5.75 Å². The molecule has 108 valence electrons. The van der Waals surface area contributed by atoms with Crippen LogP contribution in [0, 0.1) is 11.3 Å². The number of nitriles is 1. The zero-order valence-electron chi connectivity index (χ0n) is 12.6. The van der Waals surface area contributed by atoms with Gasteiger partial charge < -0.3 is 4.74 Å². The van der Waals surface area contributed by atoms with E-state index < -0.39 is 0 Å². The average Bonchev–Trinajstić information content (AvgIpc) is 2.47. The molecule has 0 aliphatic carbocycles. The molecule has 1 aliphatic rings. The molecular formula is C16H23N3O.